The van der Waals surface area contributed by atoms with E-state index in [1.807, 2.05) is 6.92 Å². The number of esters is 1. The summed E-state index contributed by atoms with van der Waals surface area (Å²) in [5.74, 6) is 1.33. The number of carbonyl (C=O) groups excluding carboxylic acids is 2. The average Bonchev–Trinajstić information content (AvgIpc) is 3.10. The SMILES string of the molecule is CCC(CO)N(C)C(=O)OC1CCC2(C)C(CCC3C2CCC2(C)C(C(=O)OC)CCC32N)C1. The average molecular weight is 479 g/mol. The Kier molecular flexibility index (Phi) is 7.02. The van der Waals surface area contributed by atoms with Gasteiger partial charge in [0.2, 0.25) is 0 Å². The van der Waals surface area contributed by atoms with E-state index in [1.54, 1.807) is 11.9 Å². The zero-order valence-corrected chi connectivity index (χ0v) is 21.8. The second kappa shape index (κ2) is 9.27. The number of aliphatic hydroxyl groups excluding tert-OH is 1. The minimum absolute atomic E-state index is 0.0485. The third-order valence-electron chi connectivity index (χ3n) is 11.2. The number of methoxy groups -OCH3 is 1. The van der Waals surface area contributed by atoms with Crippen molar-refractivity contribution < 1.29 is 24.2 Å². The van der Waals surface area contributed by atoms with E-state index >= 15 is 0 Å². The highest BCUT2D eigenvalue weighted by Crippen LogP contribution is 2.68. The summed E-state index contributed by atoms with van der Waals surface area (Å²) >= 11 is 0. The van der Waals surface area contributed by atoms with Gasteiger partial charge in [-0.1, -0.05) is 20.8 Å². The van der Waals surface area contributed by atoms with Crippen LogP contribution in [0.3, 0.4) is 0 Å². The van der Waals surface area contributed by atoms with E-state index in [1.165, 1.54) is 7.11 Å². The Morgan fingerprint density at radius 3 is 2.47 bits per heavy atom. The standard InChI is InChI=1S/C27H46N2O5/c1-6-18(16-30)29(4)24(32)34-19-9-12-25(2)17(15-19)7-8-21-20(25)10-13-26(3)22(23(31)33-5)11-14-27(21,26)28/h17-22,30H,6-16,28H2,1-5H3. The normalized spacial score (nSPS) is 44.3. The van der Waals surface area contributed by atoms with Crippen molar-refractivity contribution in [2.24, 2.45) is 40.2 Å². The molecule has 4 aliphatic carbocycles. The number of hydrogen-bond donors (Lipinski definition) is 2. The van der Waals surface area contributed by atoms with Gasteiger partial charge in [-0.15, -0.1) is 0 Å². The predicted octanol–water partition coefficient (Wildman–Crippen LogP) is 4.11. The topological polar surface area (TPSA) is 102 Å². The fourth-order valence-electron chi connectivity index (χ4n) is 8.82. The van der Waals surface area contributed by atoms with E-state index in [4.69, 9.17) is 15.2 Å². The number of hydrogen-bond acceptors (Lipinski definition) is 6. The zero-order valence-electron chi connectivity index (χ0n) is 21.8. The lowest BCUT2D eigenvalue weighted by Crippen LogP contribution is -2.66. The van der Waals surface area contributed by atoms with Gasteiger partial charge in [-0.3, -0.25) is 4.79 Å². The molecule has 9 atom stereocenters. The summed E-state index contributed by atoms with van der Waals surface area (Å²) in [5.41, 5.74) is 6.99. The molecule has 194 valence electrons. The lowest BCUT2D eigenvalue weighted by Gasteiger charge is -2.64. The van der Waals surface area contributed by atoms with Gasteiger partial charge in [0.05, 0.1) is 25.7 Å². The first-order chi connectivity index (χ1) is 16.1. The Morgan fingerprint density at radius 2 is 1.82 bits per heavy atom. The number of aliphatic hydroxyl groups is 1. The Balaban J connectivity index is 1.46. The van der Waals surface area contributed by atoms with Gasteiger partial charge in [0, 0.05) is 12.6 Å². The Bertz CT molecular complexity index is 787. The maximum atomic E-state index is 12.7. The fraction of sp³-hybridized carbons (Fsp3) is 0.926. The van der Waals surface area contributed by atoms with Crippen molar-refractivity contribution in [2.45, 2.75) is 103 Å². The molecule has 7 heteroatoms. The summed E-state index contributed by atoms with van der Waals surface area (Å²) in [5, 5.41) is 9.53. The third-order valence-corrected chi connectivity index (χ3v) is 11.2. The van der Waals surface area contributed by atoms with Crippen LogP contribution in [0, 0.1) is 34.5 Å². The van der Waals surface area contributed by atoms with Crippen molar-refractivity contribution in [3.05, 3.63) is 0 Å². The van der Waals surface area contributed by atoms with Crippen LogP contribution in [-0.2, 0) is 14.3 Å². The second-order valence-electron chi connectivity index (χ2n) is 12.2. The van der Waals surface area contributed by atoms with E-state index in [-0.39, 0.29) is 53.1 Å². The van der Waals surface area contributed by atoms with E-state index in [2.05, 4.69) is 13.8 Å². The lowest BCUT2D eigenvalue weighted by molar-refractivity contribution is -0.160. The van der Waals surface area contributed by atoms with Crippen LogP contribution >= 0.6 is 0 Å². The molecule has 0 aromatic rings. The molecule has 0 aliphatic heterocycles. The highest BCUT2D eigenvalue weighted by atomic mass is 16.6. The van der Waals surface area contributed by atoms with Crippen LogP contribution in [-0.4, -0.2) is 60.5 Å². The highest BCUT2D eigenvalue weighted by Gasteiger charge is 2.67. The number of carbonyl (C=O) groups is 2. The molecule has 9 unspecified atom stereocenters. The maximum absolute atomic E-state index is 12.7. The largest absolute Gasteiger partial charge is 0.469 e. The Morgan fingerprint density at radius 1 is 1.09 bits per heavy atom. The number of fused-ring (bicyclic) bond motifs is 5. The number of likely N-dealkylation sites (N-methyl/N-ethyl adjacent to an activating group) is 1. The molecular formula is C27H46N2O5. The monoisotopic (exact) mass is 478 g/mol. The van der Waals surface area contributed by atoms with Crippen LogP contribution in [0.5, 0.6) is 0 Å². The molecule has 3 N–H and O–H groups in total. The smallest absolute Gasteiger partial charge is 0.410 e. The van der Waals surface area contributed by atoms with Gasteiger partial charge in [0.15, 0.2) is 0 Å². The number of nitrogens with zero attached hydrogens (tertiary/aromatic N) is 1. The van der Waals surface area contributed by atoms with Crippen molar-refractivity contribution >= 4 is 12.1 Å². The molecule has 0 heterocycles. The minimum Gasteiger partial charge on any atom is -0.469 e. The van der Waals surface area contributed by atoms with Crippen molar-refractivity contribution in [1.29, 1.82) is 0 Å². The van der Waals surface area contributed by atoms with Crippen molar-refractivity contribution in [2.75, 3.05) is 20.8 Å². The Labute approximate surface area is 205 Å². The third kappa shape index (κ3) is 3.76. The first-order valence-electron chi connectivity index (χ1n) is 13.5. The maximum Gasteiger partial charge on any atom is 0.410 e. The summed E-state index contributed by atoms with van der Waals surface area (Å²) in [7, 11) is 3.21. The fourth-order valence-corrected chi connectivity index (χ4v) is 8.82. The summed E-state index contributed by atoms with van der Waals surface area (Å²) < 4.78 is 11.1. The van der Waals surface area contributed by atoms with E-state index in [9.17, 15) is 14.7 Å². The van der Waals surface area contributed by atoms with Crippen LogP contribution in [0.25, 0.3) is 0 Å². The second-order valence-corrected chi connectivity index (χ2v) is 12.2. The molecule has 4 fully saturated rings. The molecule has 4 aliphatic rings. The molecule has 0 bridgehead atoms. The van der Waals surface area contributed by atoms with E-state index < -0.39 is 0 Å². The number of rotatable bonds is 5. The van der Waals surface area contributed by atoms with Crippen LogP contribution in [0.2, 0.25) is 0 Å². The van der Waals surface area contributed by atoms with Gasteiger partial charge in [-0.2, -0.15) is 0 Å². The number of amides is 1. The van der Waals surface area contributed by atoms with Crippen LogP contribution in [0.4, 0.5) is 4.79 Å². The van der Waals surface area contributed by atoms with Crippen LogP contribution < -0.4 is 5.73 Å². The van der Waals surface area contributed by atoms with Gasteiger partial charge in [-0.05, 0) is 92.8 Å². The molecule has 0 spiro atoms. The first-order valence-corrected chi connectivity index (χ1v) is 13.5. The quantitative estimate of drug-likeness (QED) is 0.577. The molecule has 0 aromatic heterocycles. The molecule has 4 saturated carbocycles. The molecule has 7 nitrogen and oxygen atoms in total. The van der Waals surface area contributed by atoms with E-state index in [0.717, 1.165) is 57.8 Å². The van der Waals surface area contributed by atoms with Gasteiger partial charge in [-0.25, -0.2) is 4.79 Å². The van der Waals surface area contributed by atoms with E-state index in [0.29, 0.717) is 24.2 Å². The minimum atomic E-state index is -0.322. The van der Waals surface area contributed by atoms with Gasteiger partial charge >= 0.3 is 12.1 Å². The van der Waals surface area contributed by atoms with Gasteiger partial charge in [0.25, 0.3) is 0 Å². The summed E-state index contributed by atoms with van der Waals surface area (Å²) in [4.78, 5) is 26.8. The van der Waals surface area contributed by atoms with Gasteiger partial charge < -0.3 is 25.2 Å². The summed E-state index contributed by atoms with van der Waals surface area (Å²) in [6, 6.07) is -0.200. The summed E-state index contributed by atoms with van der Waals surface area (Å²) in [6.45, 7) is 6.62. The number of ether oxygens (including phenoxy) is 2. The van der Waals surface area contributed by atoms with Crippen molar-refractivity contribution in [3.8, 4) is 0 Å². The van der Waals surface area contributed by atoms with Crippen LogP contribution in [0.15, 0.2) is 0 Å². The summed E-state index contributed by atoms with van der Waals surface area (Å²) in [6.07, 6.45) is 9.19. The zero-order chi connectivity index (χ0) is 24.9. The lowest BCUT2D eigenvalue weighted by atomic mass is 9.42. The first kappa shape index (κ1) is 25.7. The molecule has 34 heavy (non-hydrogen) atoms. The molecular weight excluding hydrogens is 432 g/mol. The molecule has 4 rings (SSSR count). The molecule has 1 amide bonds. The molecule has 0 radical (unpaired) electrons. The Hall–Kier alpha value is -1.34. The van der Waals surface area contributed by atoms with Crippen LogP contribution in [0.1, 0.15) is 85.0 Å². The molecule has 0 aromatic carbocycles. The number of nitrogens with two attached hydrogens (primary N) is 1. The van der Waals surface area contributed by atoms with Gasteiger partial charge in [0.1, 0.15) is 6.10 Å². The molecule has 0 saturated heterocycles. The predicted molar refractivity (Wildman–Crippen MR) is 130 cm³/mol. The van der Waals surface area contributed by atoms with Crippen molar-refractivity contribution in [1.82, 2.24) is 4.90 Å². The highest BCUT2D eigenvalue weighted by molar-refractivity contribution is 5.74. The van der Waals surface area contributed by atoms with Crippen molar-refractivity contribution in [3.63, 3.8) is 0 Å².